The van der Waals surface area contributed by atoms with E-state index in [9.17, 15) is 24.3 Å². The number of hydrogen-bond donors (Lipinski definition) is 3. The average Bonchev–Trinajstić information content (AvgIpc) is 3.44. The largest absolute Gasteiger partial charge is 0.477 e. The van der Waals surface area contributed by atoms with Gasteiger partial charge in [-0.3, -0.25) is 19.3 Å². The third-order valence-corrected chi connectivity index (χ3v) is 6.82. The Balaban J connectivity index is 2.03. The Morgan fingerprint density at radius 3 is 2.53 bits per heavy atom. The molecule has 3 heterocycles. The predicted octanol–water partition coefficient (Wildman–Crippen LogP) is 3.42. The van der Waals surface area contributed by atoms with E-state index in [0.29, 0.717) is 29.9 Å². The van der Waals surface area contributed by atoms with Crippen molar-refractivity contribution in [2.45, 2.75) is 39.3 Å². The highest BCUT2D eigenvalue weighted by Crippen LogP contribution is 2.38. The lowest BCUT2D eigenvalue weighted by molar-refractivity contribution is -0.120. The molecule has 1 saturated heterocycles. The van der Waals surface area contributed by atoms with Gasteiger partial charge in [-0.15, -0.1) is 0 Å². The predicted molar refractivity (Wildman–Crippen MR) is 130 cm³/mol. The number of nitrogens with two attached hydrogens (primary N) is 1. The maximum Gasteiger partial charge on any atom is 0.352 e. The first kappa shape index (κ1) is 23.9. The number of carboxylic acids is 1. The number of rotatable bonds is 7. The van der Waals surface area contributed by atoms with Crippen molar-refractivity contribution in [3.63, 3.8) is 0 Å². The molecule has 1 fully saturated rings. The summed E-state index contributed by atoms with van der Waals surface area (Å²) in [7, 11) is 0. The van der Waals surface area contributed by atoms with Crippen LogP contribution in [0, 0.1) is 6.92 Å². The molecule has 2 aliphatic rings. The highest BCUT2D eigenvalue weighted by atomic mass is 79.9. The molecule has 2 aliphatic heterocycles. The Bertz CT molecular complexity index is 1260. The average molecular weight is 529 g/mol. The number of halogens is 1. The van der Waals surface area contributed by atoms with Gasteiger partial charge in [0.1, 0.15) is 5.69 Å². The van der Waals surface area contributed by atoms with E-state index < -0.39 is 18.0 Å². The molecule has 0 bridgehead atoms. The lowest BCUT2D eigenvalue weighted by Crippen LogP contribution is -2.35. The van der Waals surface area contributed by atoms with E-state index in [2.05, 4.69) is 21.2 Å². The summed E-state index contributed by atoms with van der Waals surface area (Å²) >= 11 is 3.42. The number of aromatic nitrogens is 1. The van der Waals surface area contributed by atoms with Crippen LogP contribution in [0.3, 0.4) is 0 Å². The lowest BCUT2D eigenvalue weighted by atomic mass is 10.0. The Hall–Kier alpha value is -3.24. The van der Waals surface area contributed by atoms with Crippen LogP contribution < -0.4 is 11.1 Å². The molecule has 2 aromatic rings. The van der Waals surface area contributed by atoms with Gasteiger partial charge < -0.3 is 20.7 Å². The van der Waals surface area contributed by atoms with Gasteiger partial charge in [-0.2, -0.15) is 0 Å². The van der Waals surface area contributed by atoms with Crippen molar-refractivity contribution in [3.05, 3.63) is 50.8 Å². The van der Waals surface area contributed by atoms with E-state index >= 15 is 0 Å². The highest BCUT2D eigenvalue weighted by Gasteiger charge is 2.35. The Kier molecular flexibility index (Phi) is 6.46. The Morgan fingerprint density at radius 2 is 1.94 bits per heavy atom. The third kappa shape index (κ3) is 4.19. The van der Waals surface area contributed by atoms with Crippen LogP contribution in [0.1, 0.15) is 70.0 Å². The van der Waals surface area contributed by atoms with Crippen molar-refractivity contribution >= 4 is 56.8 Å². The molecule has 34 heavy (non-hydrogen) atoms. The Labute approximate surface area is 204 Å². The molecule has 4 rings (SSSR count). The number of carbonyl (C=O) groups excluding carboxylic acids is 3. The minimum atomic E-state index is -1.22. The first-order valence-electron chi connectivity index (χ1n) is 10.9. The summed E-state index contributed by atoms with van der Waals surface area (Å²) in [6.45, 7) is 4.26. The summed E-state index contributed by atoms with van der Waals surface area (Å²) in [4.78, 5) is 52.1. The molecule has 178 valence electrons. The number of carbonyl (C=O) groups is 4. The van der Waals surface area contributed by atoms with Gasteiger partial charge in [0, 0.05) is 34.4 Å². The molecular formula is C24H25BrN4O5. The lowest BCUT2D eigenvalue weighted by Gasteiger charge is -2.30. The first-order valence-corrected chi connectivity index (χ1v) is 11.7. The molecule has 0 radical (unpaired) electrons. The molecule has 1 aromatic carbocycles. The Morgan fingerprint density at radius 1 is 1.26 bits per heavy atom. The van der Waals surface area contributed by atoms with Crippen molar-refractivity contribution in [1.82, 2.24) is 9.47 Å². The number of fused-ring (bicyclic) bond motifs is 1. The maximum atomic E-state index is 12.9. The van der Waals surface area contributed by atoms with Crippen LogP contribution in [0.5, 0.6) is 0 Å². The molecular weight excluding hydrogens is 504 g/mol. The number of likely N-dealkylation sites (tertiary alicyclic amines) is 1. The van der Waals surface area contributed by atoms with E-state index in [1.165, 1.54) is 11.5 Å². The number of aromatic carboxylic acids is 1. The normalized spacial score (nSPS) is 17.6. The van der Waals surface area contributed by atoms with Crippen molar-refractivity contribution in [1.29, 1.82) is 0 Å². The van der Waals surface area contributed by atoms with Gasteiger partial charge in [0.2, 0.25) is 5.91 Å². The summed E-state index contributed by atoms with van der Waals surface area (Å²) in [5.41, 5.74) is 7.78. The van der Waals surface area contributed by atoms with Gasteiger partial charge >= 0.3 is 5.97 Å². The molecule has 2 amide bonds. The van der Waals surface area contributed by atoms with Crippen LogP contribution in [0.15, 0.2) is 22.7 Å². The number of carboxylic acid groups (broad SMARTS) is 1. The SMILES string of the molecule is CC(=O)c1c(C)c(C(=O)O)n(C(CC(N)=O)N2CCCC2)c1C=C1C(=O)Nc2ccc(Br)cc21. The monoisotopic (exact) mass is 528 g/mol. The van der Waals surface area contributed by atoms with E-state index in [0.717, 1.165) is 17.3 Å². The van der Waals surface area contributed by atoms with Gasteiger partial charge in [0.05, 0.1) is 23.9 Å². The smallest absolute Gasteiger partial charge is 0.352 e. The van der Waals surface area contributed by atoms with Crippen molar-refractivity contribution in [2.75, 3.05) is 18.4 Å². The summed E-state index contributed by atoms with van der Waals surface area (Å²) in [6, 6.07) is 5.35. The zero-order chi connectivity index (χ0) is 24.7. The summed E-state index contributed by atoms with van der Waals surface area (Å²) in [6.07, 6.45) is 2.52. The zero-order valence-corrected chi connectivity index (χ0v) is 20.4. The first-order chi connectivity index (χ1) is 16.1. The standard InChI is InChI=1S/C24H25BrN4O5/c1-12-21(13(2)30)18(10-16-15-9-14(25)5-6-17(15)27-23(16)32)29(22(12)24(33)34)20(11-19(26)31)28-7-3-4-8-28/h5-6,9-10,20H,3-4,7-8,11H2,1-2H3,(H2,26,31)(H,27,32)(H,33,34). The summed E-state index contributed by atoms with van der Waals surface area (Å²) in [5.74, 6) is -2.51. The van der Waals surface area contributed by atoms with E-state index in [4.69, 9.17) is 5.73 Å². The number of anilines is 1. The van der Waals surface area contributed by atoms with Crippen molar-refractivity contribution in [3.8, 4) is 0 Å². The molecule has 9 nitrogen and oxygen atoms in total. The number of nitrogens with one attached hydrogen (secondary N) is 1. The van der Waals surface area contributed by atoms with Gasteiger partial charge in [0.15, 0.2) is 5.78 Å². The van der Waals surface area contributed by atoms with E-state index in [1.807, 2.05) is 4.90 Å². The van der Waals surface area contributed by atoms with Crippen LogP contribution in [0.2, 0.25) is 0 Å². The third-order valence-electron chi connectivity index (χ3n) is 6.33. The number of ketones is 1. The number of primary amides is 1. The quantitative estimate of drug-likeness (QED) is 0.372. The van der Waals surface area contributed by atoms with Gasteiger partial charge in [-0.05, 0) is 56.5 Å². The summed E-state index contributed by atoms with van der Waals surface area (Å²) in [5, 5.41) is 12.9. The molecule has 0 saturated carbocycles. The van der Waals surface area contributed by atoms with E-state index in [1.54, 1.807) is 31.2 Å². The second kappa shape index (κ2) is 9.19. The van der Waals surface area contributed by atoms with Crippen LogP contribution in [0.25, 0.3) is 11.6 Å². The maximum absolute atomic E-state index is 12.9. The molecule has 0 aliphatic carbocycles. The molecule has 1 aromatic heterocycles. The van der Waals surface area contributed by atoms with Crippen molar-refractivity contribution in [2.24, 2.45) is 5.73 Å². The van der Waals surface area contributed by atoms with Gasteiger partial charge in [-0.1, -0.05) is 15.9 Å². The molecule has 1 unspecified atom stereocenters. The fraction of sp³-hybridized carbons (Fsp3) is 0.333. The van der Waals surface area contributed by atoms with Crippen LogP contribution in [-0.2, 0) is 9.59 Å². The van der Waals surface area contributed by atoms with Crippen molar-refractivity contribution < 1.29 is 24.3 Å². The minimum absolute atomic E-state index is 0.0944. The second-order valence-corrected chi connectivity index (χ2v) is 9.48. The van der Waals surface area contributed by atoms with Crippen LogP contribution in [-0.4, -0.2) is 51.2 Å². The molecule has 10 heteroatoms. The number of amides is 2. The second-order valence-electron chi connectivity index (χ2n) is 8.56. The topological polar surface area (TPSA) is 135 Å². The molecule has 0 spiro atoms. The molecule has 4 N–H and O–H groups in total. The van der Waals surface area contributed by atoms with Crippen LogP contribution >= 0.6 is 15.9 Å². The zero-order valence-electron chi connectivity index (χ0n) is 18.9. The fourth-order valence-electron chi connectivity index (χ4n) is 4.93. The highest BCUT2D eigenvalue weighted by molar-refractivity contribution is 9.10. The minimum Gasteiger partial charge on any atom is -0.477 e. The number of nitrogens with zero attached hydrogens (tertiary/aromatic N) is 2. The molecule has 1 atom stereocenters. The van der Waals surface area contributed by atoms with Gasteiger partial charge in [-0.25, -0.2) is 4.79 Å². The van der Waals surface area contributed by atoms with Crippen LogP contribution in [0.4, 0.5) is 5.69 Å². The number of hydrogen-bond acceptors (Lipinski definition) is 5. The van der Waals surface area contributed by atoms with E-state index in [-0.39, 0.29) is 40.6 Å². The van der Waals surface area contributed by atoms with Gasteiger partial charge in [0.25, 0.3) is 5.91 Å². The number of Topliss-reactive ketones (excluding diaryl/α,β-unsaturated/α-hetero) is 1. The number of benzene rings is 1. The fourth-order valence-corrected chi connectivity index (χ4v) is 5.30. The summed E-state index contributed by atoms with van der Waals surface area (Å²) < 4.78 is 2.27.